The zero-order chi connectivity index (χ0) is 17.0. The van der Waals surface area contributed by atoms with Crippen molar-refractivity contribution < 1.29 is 4.79 Å². The van der Waals surface area contributed by atoms with Crippen molar-refractivity contribution in [1.29, 1.82) is 0 Å². The van der Waals surface area contributed by atoms with E-state index in [9.17, 15) is 4.79 Å². The van der Waals surface area contributed by atoms with Crippen molar-refractivity contribution in [3.05, 3.63) is 64.7 Å². The molecule has 0 radical (unpaired) electrons. The zero-order valence-electron chi connectivity index (χ0n) is 14.7. The van der Waals surface area contributed by atoms with Crippen molar-refractivity contribution in [2.75, 3.05) is 12.4 Å². The second-order valence-corrected chi connectivity index (χ2v) is 6.33. The summed E-state index contributed by atoms with van der Waals surface area (Å²) in [5, 5.41) is 3.02. The predicted molar refractivity (Wildman–Crippen MR) is 96.7 cm³/mol. The summed E-state index contributed by atoms with van der Waals surface area (Å²) in [6, 6.07) is 14.1. The number of nitrogens with zero attached hydrogens (tertiary/aromatic N) is 1. The second kappa shape index (κ2) is 7.42. The number of carbonyl (C=O) groups excluding carboxylic acids is 1. The molecule has 1 N–H and O–H groups in total. The first-order chi connectivity index (χ1) is 10.9. The van der Waals surface area contributed by atoms with Crippen molar-refractivity contribution in [2.45, 2.75) is 40.3 Å². The fraction of sp³-hybridized carbons (Fsp3) is 0.350. The number of benzene rings is 2. The lowest BCUT2D eigenvalue weighted by atomic mass is 10.0. The number of aryl methyl sites for hydroxylation is 3. The Labute approximate surface area is 139 Å². The van der Waals surface area contributed by atoms with Gasteiger partial charge in [-0.25, -0.2) is 0 Å². The molecule has 0 aromatic heterocycles. The summed E-state index contributed by atoms with van der Waals surface area (Å²) in [4.78, 5) is 14.6. The molecule has 0 heterocycles. The van der Waals surface area contributed by atoms with E-state index in [0.717, 1.165) is 17.8 Å². The van der Waals surface area contributed by atoms with Gasteiger partial charge in [-0.2, -0.15) is 0 Å². The zero-order valence-corrected chi connectivity index (χ0v) is 14.7. The van der Waals surface area contributed by atoms with E-state index in [1.54, 1.807) is 0 Å². The first kappa shape index (κ1) is 17.2. The van der Waals surface area contributed by atoms with Crippen molar-refractivity contribution >= 4 is 11.6 Å². The summed E-state index contributed by atoms with van der Waals surface area (Å²) in [7, 11) is 1.99. The minimum Gasteiger partial charge on any atom is -0.324 e. The molecule has 3 nitrogen and oxygen atoms in total. The van der Waals surface area contributed by atoms with Crippen molar-refractivity contribution in [3.63, 3.8) is 0 Å². The molecule has 1 atom stereocenters. The number of likely N-dealkylation sites (N-methyl/N-ethyl adjacent to an activating group) is 1. The highest BCUT2D eigenvalue weighted by molar-refractivity contribution is 5.95. The SMILES string of the molecule is Cc1ccc(CN(C)C(C)C(=O)Nc2ccccc2C)c(C)c1. The number of anilines is 1. The largest absolute Gasteiger partial charge is 0.324 e. The van der Waals surface area contributed by atoms with E-state index in [1.807, 2.05) is 45.2 Å². The molecule has 23 heavy (non-hydrogen) atoms. The first-order valence-corrected chi connectivity index (χ1v) is 8.01. The molecule has 0 spiro atoms. The summed E-state index contributed by atoms with van der Waals surface area (Å²) in [6.45, 7) is 8.91. The minimum atomic E-state index is -0.199. The molecule has 0 fully saturated rings. The molecule has 0 aliphatic heterocycles. The Kier molecular flexibility index (Phi) is 5.56. The van der Waals surface area contributed by atoms with E-state index in [2.05, 4.69) is 42.3 Å². The summed E-state index contributed by atoms with van der Waals surface area (Å²) < 4.78 is 0. The highest BCUT2D eigenvalue weighted by atomic mass is 16.2. The Morgan fingerprint density at radius 1 is 1.09 bits per heavy atom. The second-order valence-electron chi connectivity index (χ2n) is 6.33. The topological polar surface area (TPSA) is 32.3 Å². The van der Waals surface area contributed by atoms with Gasteiger partial charge in [0.05, 0.1) is 6.04 Å². The van der Waals surface area contributed by atoms with Crippen LogP contribution in [0.3, 0.4) is 0 Å². The average Bonchev–Trinajstić information content (AvgIpc) is 2.51. The van der Waals surface area contributed by atoms with Crippen molar-refractivity contribution in [3.8, 4) is 0 Å². The van der Waals surface area contributed by atoms with Crippen LogP contribution in [0, 0.1) is 20.8 Å². The molecule has 0 aliphatic carbocycles. The maximum atomic E-state index is 12.5. The van der Waals surface area contributed by atoms with Crippen LogP contribution in [-0.4, -0.2) is 23.9 Å². The monoisotopic (exact) mass is 310 g/mol. The molecule has 0 aliphatic rings. The Morgan fingerprint density at radius 2 is 1.78 bits per heavy atom. The van der Waals surface area contributed by atoms with Gasteiger partial charge in [-0.15, -0.1) is 0 Å². The number of carbonyl (C=O) groups is 1. The van der Waals surface area contributed by atoms with Gasteiger partial charge in [0.2, 0.25) is 5.91 Å². The highest BCUT2D eigenvalue weighted by Crippen LogP contribution is 2.16. The third kappa shape index (κ3) is 4.42. The molecule has 2 aromatic carbocycles. The number of para-hydroxylation sites is 1. The van der Waals surface area contributed by atoms with Gasteiger partial charge in [-0.1, -0.05) is 42.0 Å². The Balaban J connectivity index is 2.02. The van der Waals surface area contributed by atoms with E-state index >= 15 is 0 Å². The standard InChI is InChI=1S/C20H26N2O/c1-14-10-11-18(16(3)12-14)13-22(5)17(4)20(23)21-19-9-7-6-8-15(19)2/h6-12,17H,13H2,1-5H3,(H,21,23). The summed E-state index contributed by atoms with van der Waals surface area (Å²) >= 11 is 0. The lowest BCUT2D eigenvalue weighted by Crippen LogP contribution is -2.39. The lowest BCUT2D eigenvalue weighted by Gasteiger charge is -2.25. The summed E-state index contributed by atoms with van der Waals surface area (Å²) in [6.07, 6.45) is 0. The van der Waals surface area contributed by atoms with Crippen molar-refractivity contribution in [1.82, 2.24) is 4.90 Å². The van der Waals surface area contributed by atoms with Crippen LogP contribution in [0.2, 0.25) is 0 Å². The van der Waals surface area contributed by atoms with Gasteiger partial charge in [0.1, 0.15) is 0 Å². The van der Waals surface area contributed by atoms with Crippen LogP contribution < -0.4 is 5.32 Å². The van der Waals surface area contributed by atoms with Gasteiger partial charge in [0.25, 0.3) is 0 Å². The minimum absolute atomic E-state index is 0.0200. The summed E-state index contributed by atoms with van der Waals surface area (Å²) in [5.74, 6) is 0.0200. The van der Waals surface area contributed by atoms with Gasteiger partial charge >= 0.3 is 0 Å². The van der Waals surface area contributed by atoms with Gasteiger partial charge in [-0.05, 0) is 57.5 Å². The van der Waals surface area contributed by atoms with Gasteiger partial charge in [0, 0.05) is 12.2 Å². The van der Waals surface area contributed by atoms with E-state index in [4.69, 9.17) is 0 Å². The average molecular weight is 310 g/mol. The first-order valence-electron chi connectivity index (χ1n) is 8.01. The molecule has 0 saturated carbocycles. The van der Waals surface area contributed by atoms with E-state index in [0.29, 0.717) is 0 Å². The van der Waals surface area contributed by atoms with Crippen LogP contribution in [0.25, 0.3) is 0 Å². The molecule has 122 valence electrons. The lowest BCUT2D eigenvalue weighted by molar-refractivity contribution is -0.120. The van der Waals surface area contributed by atoms with E-state index in [-0.39, 0.29) is 11.9 Å². The van der Waals surface area contributed by atoms with Crippen LogP contribution in [0.5, 0.6) is 0 Å². The molecule has 2 aromatic rings. The quantitative estimate of drug-likeness (QED) is 0.903. The smallest absolute Gasteiger partial charge is 0.241 e. The normalized spacial score (nSPS) is 12.3. The third-order valence-corrected chi connectivity index (χ3v) is 4.36. The Hall–Kier alpha value is -2.13. The summed E-state index contributed by atoms with van der Waals surface area (Å²) in [5.41, 5.74) is 5.74. The maximum Gasteiger partial charge on any atom is 0.241 e. The molecule has 1 unspecified atom stereocenters. The molecular formula is C20H26N2O. The molecule has 2 rings (SSSR count). The van der Waals surface area contributed by atoms with E-state index < -0.39 is 0 Å². The number of hydrogen-bond donors (Lipinski definition) is 1. The van der Waals surface area contributed by atoms with Crippen LogP contribution in [-0.2, 0) is 11.3 Å². The third-order valence-electron chi connectivity index (χ3n) is 4.36. The molecule has 1 amide bonds. The van der Waals surface area contributed by atoms with Crippen LogP contribution >= 0.6 is 0 Å². The fourth-order valence-electron chi connectivity index (χ4n) is 2.58. The van der Waals surface area contributed by atoms with Crippen LogP contribution in [0.1, 0.15) is 29.2 Å². The predicted octanol–water partition coefficient (Wildman–Crippen LogP) is 4.07. The Bertz CT molecular complexity index is 694. The van der Waals surface area contributed by atoms with Gasteiger partial charge in [0.15, 0.2) is 0 Å². The molecule has 0 saturated heterocycles. The Morgan fingerprint density at radius 3 is 2.43 bits per heavy atom. The van der Waals surface area contributed by atoms with Crippen LogP contribution in [0.4, 0.5) is 5.69 Å². The van der Waals surface area contributed by atoms with Gasteiger partial charge < -0.3 is 5.32 Å². The van der Waals surface area contributed by atoms with Gasteiger partial charge in [-0.3, -0.25) is 9.69 Å². The number of hydrogen-bond acceptors (Lipinski definition) is 2. The fourth-order valence-corrected chi connectivity index (χ4v) is 2.58. The number of amides is 1. The molecule has 0 bridgehead atoms. The van der Waals surface area contributed by atoms with E-state index in [1.165, 1.54) is 16.7 Å². The van der Waals surface area contributed by atoms with Crippen LogP contribution in [0.15, 0.2) is 42.5 Å². The maximum absolute atomic E-state index is 12.5. The molecular weight excluding hydrogens is 284 g/mol. The number of nitrogens with one attached hydrogen (secondary N) is 1. The molecule has 3 heteroatoms. The number of rotatable bonds is 5. The highest BCUT2D eigenvalue weighted by Gasteiger charge is 2.19. The van der Waals surface area contributed by atoms with Crippen molar-refractivity contribution in [2.24, 2.45) is 0 Å².